The van der Waals surface area contributed by atoms with Crippen molar-refractivity contribution in [2.45, 2.75) is 10.9 Å². The Morgan fingerprint density at radius 2 is 1.83 bits per heavy atom. The Labute approximate surface area is 106 Å². The van der Waals surface area contributed by atoms with Crippen molar-refractivity contribution in [1.29, 1.82) is 0 Å². The maximum atomic E-state index is 11.3. The van der Waals surface area contributed by atoms with Gasteiger partial charge in [0.15, 0.2) is 9.84 Å². The molecule has 5 nitrogen and oxygen atoms in total. The van der Waals surface area contributed by atoms with Crippen LogP contribution in [0.1, 0.15) is 17.3 Å². The monoisotopic (exact) mass is 263 g/mol. The molecule has 2 aromatic rings. The van der Waals surface area contributed by atoms with Crippen LogP contribution < -0.4 is 5.73 Å². The molecule has 1 aromatic heterocycles. The molecule has 1 heterocycles. The third-order valence-electron chi connectivity index (χ3n) is 2.57. The van der Waals surface area contributed by atoms with Crippen molar-refractivity contribution in [3.8, 4) is 0 Å². The first kappa shape index (κ1) is 12.7. The zero-order chi connectivity index (χ0) is 13.2. The first-order valence-electron chi connectivity index (χ1n) is 5.30. The van der Waals surface area contributed by atoms with Crippen LogP contribution in [0.5, 0.6) is 0 Å². The summed E-state index contributed by atoms with van der Waals surface area (Å²) >= 11 is 0. The predicted molar refractivity (Wildman–Crippen MR) is 67.6 cm³/mol. The third-order valence-corrected chi connectivity index (χ3v) is 3.70. The Balaban J connectivity index is 2.31. The van der Waals surface area contributed by atoms with Gasteiger partial charge in [0.05, 0.1) is 22.8 Å². The summed E-state index contributed by atoms with van der Waals surface area (Å²) in [5, 5.41) is 0. The molecule has 94 valence electrons. The minimum atomic E-state index is -3.18. The van der Waals surface area contributed by atoms with Gasteiger partial charge in [-0.15, -0.1) is 0 Å². The lowest BCUT2D eigenvalue weighted by molar-refractivity contribution is 0.602. The zero-order valence-corrected chi connectivity index (χ0v) is 10.6. The van der Waals surface area contributed by atoms with Crippen LogP contribution in [0.15, 0.2) is 47.8 Å². The third kappa shape index (κ3) is 2.72. The van der Waals surface area contributed by atoms with E-state index in [0.29, 0.717) is 5.69 Å². The fourth-order valence-electron chi connectivity index (χ4n) is 1.56. The highest BCUT2D eigenvalue weighted by Crippen LogP contribution is 2.18. The fourth-order valence-corrected chi connectivity index (χ4v) is 2.19. The van der Waals surface area contributed by atoms with E-state index in [1.807, 2.05) is 0 Å². The number of rotatable bonds is 3. The molecule has 0 spiro atoms. The van der Waals surface area contributed by atoms with Gasteiger partial charge in [0.2, 0.25) is 0 Å². The summed E-state index contributed by atoms with van der Waals surface area (Å²) in [5.41, 5.74) is 7.46. The number of hydrogen-bond donors (Lipinski definition) is 1. The maximum absolute atomic E-state index is 11.3. The average molecular weight is 263 g/mol. The Hall–Kier alpha value is -1.79. The lowest BCUT2D eigenvalue weighted by Crippen LogP contribution is -2.13. The van der Waals surface area contributed by atoms with Crippen LogP contribution in [0.4, 0.5) is 0 Å². The molecule has 0 saturated heterocycles. The maximum Gasteiger partial charge on any atom is 0.175 e. The van der Waals surface area contributed by atoms with E-state index in [0.717, 1.165) is 5.56 Å². The Kier molecular flexibility index (Phi) is 3.40. The number of aromatic nitrogens is 2. The van der Waals surface area contributed by atoms with E-state index in [9.17, 15) is 8.42 Å². The van der Waals surface area contributed by atoms with Gasteiger partial charge in [0.1, 0.15) is 0 Å². The van der Waals surface area contributed by atoms with Gasteiger partial charge in [-0.3, -0.25) is 9.97 Å². The molecule has 0 bridgehead atoms. The second-order valence-electron chi connectivity index (χ2n) is 3.95. The first-order valence-corrected chi connectivity index (χ1v) is 7.19. The predicted octanol–water partition coefficient (Wildman–Crippen LogP) is 0.928. The molecule has 0 radical (unpaired) electrons. The van der Waals surface area contributed by atoms with Crippen LogP contribution in [0.25, 0.3) is 0 Å². The molecule has 0 aliphatic heterocycles. The molecule has 2 rings (SSSR count). The molecule has 1 unspecified atom stereocenters. The largest absolute Gasteiger partial charge is 0.319 e. The second kappa shape index (κ2) is 4.83. The number of nitrogens with two attached hydrogens (primary N) is 1. The van der Waals surface area contributed by atoms with Crippen LogP contribution in [-0.4, -0.2) is 24.6 Å². The molecule has 1 aromatic carbocycles. The van der Waals surface area contributed by atoms with Gasteiger partial charge < -0.3 is 5.73 Å². The van der Waals surface area contributed by atoms with Crippen molar-refractivity contribution in [2.75, 3.05) is 6.26 Å². The van der Waals surface area contributed by atoms with Crippen molar-refractivity contribution >= 4 is 9.84 Å². The Morgan fingerprint density at radius 3 is 2.33 bits per heavy atom. The highest BCUT2D eigenvalue weighted by molar-refractivity contribution is 7.90. The average Bonchev–Trinajstić information content (AvgIpc) is 2.38. The molecule has 0 fully saturated rings. The summed E-state index contributed by atoms with van der Waals surface area (Å²) in [7, 11) is -3.18. The van der Waals surface area contributed by atoms with Crippen LogP contribution in [-0.2, 0) is 9.84 Å². The Morgan fingerprint density at radius 1 is 1.17 bits per heavy atom. The fraction of sp³-hybridized carbons (Fsp3) is 0.167. The first-order chi connectivity index (χ1) is 8.48. The van der Waals surface area contributed by atoms with E-state index in [4.69, 9.17) is 5.73 Å². The van der Waals surface area contributed by atoms with Gasteiger partial charge in [-0.2, -0.15) is 0 Å². The standard InChI is InChI=1S/C12H13N3O2S/c1-18(16,17)10-4-2-9(3-5-10)12(13)11-8-14-6-7-15-11/h2-8,12H,13H2,1H3. The second-order valence-corrected chi connectivity index (χ2v) is 5.96. The van der Waals surface area contributed by atoms with Crippen molar-refractivity contribution in [3.63, 3.8) is 0 Å². The van der Waals surface area contributed by atoms with E-state index < -0.39 is 15.9 Å². The van der Waals surface area contributed by atoms with E-state index in [2.05, 4.69) is 9.97 Å². The minimum absolute atomic E-state index is 0.276. The Bertz CT molecular complexity index is 624. The SMILES string of the molecule is CS(=O)(=O)c1ccc(C(N)c2cnccn2)cc1. The van der Waals surface area contributed by atoms with Gasteiger partial charge in [-0.1, -0.05) is 12.1 Å². The van der Waals surface area contributed by atoms with Crippen molar-refractivity contribution < 1.29 is 8.42 Å². The molecule has 0 aliphatic rings. The van der Waals surface area contributed by atoms with Crippen molar-refractivity contribution in [2.24, 2.45) is 5.73 Å². The quantitative estimate of drug-likeness (QED) is 0.890. The van der Waals surface area contributed by atoms with E-state index >= 15 is 0 Å². The molecule has 0 amide bonds. The molecule has 1 atom stereocenters. The summed E-state index contributed by atoms with van der Waals surface area (Å²) in [5.74, 6) is 0. The lowest BCUT2D eigenvalue weighted by Gasteiger charge is -2.11. The van der Waals surface area contributed by atoms with Crippen LogP contribution in [0, 0.1) is 0 Å². The van der Waals surface area contributed by atoms with Gasteiger partial charge in [-0.25, -0.2) is 8.42 Å². The summed E-state index contributed by atoms with van der Waals surface area (Å²) in [4.78, 5) is 8.35. The van der Waals surface area contributed by atoms with Crippen LogP contribution >= 0.6 is 0 Å². The van der Waals surface area contributed by atoms with Gasteiger partial charge in [0, 0.05) is 18.6 Å². The highest BCUT2D eigenvalue weighted by Gasteiger charge is 2.12. The molecule has 2 N–H and O–H groups in total. The van der Waals surface area contributed by atoms with Crippen LogP contribution in [0.3, 0.4) is 0 Å². The minimum Gasteiger partial charge on any atom is -0.319 e. The number of nitrogens with zero attached hydrogens (tertiary/aromatic N) is 2. The van der Waals surface area contributed by atoms with Gasteiger partial charge >= 0.3 is 0 Å². The zero-order valence-electron chi connectivity index (χ0n) is 9.82. The highest BCUT2D eigenvalue weighted by atomic mass is 32.2. The molecule has 6 heteroatoms. The van der Waals surface area contributed by atoms with Crippen LogP contribution in [0.2, 0.25) is 0 Å². The number of benzene rings is 1. The molecule has 18 heavy (non-hydrogen) atoms. The van der Waals surface area contributed by atoms with Gasteiger partial charge in [0.25, 0.3) is 0 Å². The van der Waals surface area contributed by atoms with E-state index in [1.165, 1.54) is 6.26 Å². The normalized spacial score (nSPS) is 13.2. The summed E-state index contributed by atoms with van der Waals surface area (Å²) < 4.78 is 22.7. The van der Waals surface area contributed by atoms with Crippen molar-refractivity contribution in [1.82, 2.24) is 9.97 Å². The summed E-state index contributed by atoms with van der Waals surface area (Å²) in [6, 6.07) is 6.06. The molecule has 0 saturated carbocycles. The molecular formula is C12H13N3O2S. The topological polar surface area (TPSA) is 85.9 Å². The summed E-state index contributed by atoms with van der Waals surface area (Å²) in [6.07, 6.45) is 5.91. The molecular weight excluding hydrogens is 250 g/mol. The van der Waals surface area contributed by atoms with E-state index in [1.54, 1.807) is 42.9 Å². The van der Waals surface area contributed by atoms with E-state index in [-0.39, 0.29) is 4.90 Å². The smallest absolute Gasteiger partial charge is 0.175 e. The number of hydrogen-bond acceptors (Lipinski definition) is 5. The van der Waals surface area contributed by atoms with Gasteiger partial charge in [-0.05, 0) is 17.7 Å². The number of sulfone groups is 1. The summed E-state index contributed by atoms with van der Waals surface area (Å²) in [6.45, 7) is 0. The lowest BCUT2D eigenvalue weighted by atomic mass is 10.1. The molecule has 0 aliphatic carbocycles. The van der Waals surface area contributed by atoms with Crippen molar-refractivity contribution in [3.05, 3.63) is 54.1 Å².